The second-order valence-corrected chi connectivity index (χ2v) is 3.39. The van der Waals surface area contributed by atoms with Crippen molar-refractivity contribution in [2.24, 2.45) is 0 Å². The van der Waals surface area contributed by atoms with Crippen molar-refractivity contribution in [3.63, 3.8) is 0 Å². The number of alkyl halides is 3. The number of hydrogen-bond acceptors (Lipinski definition) is 2. The van der Waals surface area contributed by atoms with E-state index in [0.717, 1.165) is 10.8 Å². The minimum atomic E-state index is -4.74. The molecule has 4 nitrogen and oxygen atoms in total. The van der Waals surface area contributed by atoms with Gasteiger partial charge in [0.2, 0.25) is 0 Å². The van der Waals surface area contributed by atoms with Gasteiger partial charge >= 0.3 is 12.1 Å². The summed E-state index contributed by atoms with van der Waals surface area (Å²) in [5.74, 6) is -1.66. The molecule has 1 atom stereocenters. The van der Waals surface area contributed by atoms with Crippen LogP contribution in [0.25, 0.3) is 0 Å². The topological polar surface area (TPSA) is 66.0 Å². The first-order valence-corrected chi connectivity index (χ1v) is 4.72. The number of carboxylic acids is 1. The van der Waals surface area contributed by atoms with E-state index < -0.39 is 29.3 Å². The molecule has 0 saturated carbocycles. The van der Waals surface area contributed by atoms with Crippen LogP contribution in [0.3, 0.4) is 0 Å². The molecule has 0 saturated heterocycles. The monoisotopic (exact) mass is 246 g/mol. The largest absolute Gasteiger partial charge is 0.478 e. The third-order valence-electron chi connectivity index (χ3n) is 2.28. The summed E-state index contributed by atoms with van der Waals surface area (Å²) in [6, 6.07) is 1.000. The molecule has 0 spiro atoms. The Morgan fingerprint density at radius 1 is 1.59 bits per heavy atom. The summed E-state index contributed by atoms with van der Waals surface area (Å²) < 4.78 is 38.6. The lowest BCUT2D eigenvalue weighted by atomic mass is 10.2. The van der Waals surface area contributed by atoms with Gasteiger partial charge in [-0.15, -0.1) is 0 Å². The molecule has 1 aromatic heterocycles. The highest BCUT2D eigenvalue weighted by Crippen LogP contribution is 2.33. The average molecular weight is 246 g/mol. The van der Waals surface area contributed by atoms with E-state index in [1.807, 2.05) is 0 Å². The Bertz CT molecular complexity index is 471. The van der Waals surface area contributed by atoms with Gasteiger partial charge in [-0.25, -0.2) is 4.79 Å². The molecule has 7 heteroatoms. The summed E-state index contributed by atoms with van der Waals surface area (Å²) in [7, 11) is 0. The summed E-state index contributed by atoms with van der Waals surface area (Å²) in [5.41, 5.74) is -2.08. The molecule has 17 heavy (non-hydrogen) atoms. The molecule has 92 valence electrons. The molecule has 0 aliphatic heterocycles. The summed E-state index contributed by atoms with van der Waals surface area (Å²) in [6.45, 7) is 1.63. The maximum Gasteiger partial charge on any atom is 0.418 e. The molecule has 1 unspecified atom stereocenters. The Hall–Kier alpha value is -1.97. The molecule has 0 radical (unpaired) electrons. The van der Waals surface area contributed by atoms with Crippen molar-refractivity contribution in [1.82, 2.24) is 4.57 Å². The van der Waals surface area contributed by atoms with Crippen LogP contribution >= 0.6 is 0 Å². The van der Waals surface area contributed by atoms with Crippen molar-refractivity contribution < 1.29 is 23.1 Å². The predicted molar refractivity (Wildman–Crippen MR) is 51.3 cm³/mol. The van der Waals surface area contributed by atoms with Crippen LogP contribution in [0.15, 0.2) is 12.4 Å². The second kappa shape index (κ2) is 4.49. The van der Waals surface area contributed by atoms with E-state index in [-0.39, 0.29) is 0 Å². The van der Waals surface area contributed by atoms with Crippen LogP contribution in [0.1, 0.15) is 35.3 Å². The molecule has 0 aromatic carbocycles. The number of hydrogen-bond donors (Lipinski definition) is 1. The van der Waals surface area contributed by atoms with Crippen molar-refractivity contribution in [3.8, 4) is 6.07 Å². The van der Waals surface area contributed by atoms with Crippen LogP contribution < -0.4 is 0 Å². The Balaban J connectivity index is 3.32. The highest BCUT2D eigenvalue weighted by molar-refractivity contribution is 5.89. The van der Waals surface area contributed by atoms with Crippen LogP contribution in [-0.2, 0) is 6.18 Å². The second-order valence-electron chi connectivity index (χ2n) is 3.39. The predicted octanol–water partition coefficient (Wildman–Crippen LogP) is 2.68. The molecule has 0 bridgehead atoms. The molecule has 1 heterocycles. The summed E-state index contributed by atoms with van der Waals surface area (Å²) in [5, 5.41) is 17.4. The number of aromatic carboxylic acids is 1. The van der Waals surface area contributed by atoms with E-state index in [4.69, 9.17) is 10.4 Å². The molecule has 0 aliphatic carbocycles. The zero-order chi connectivity index (χ0) is 13.2. The highest BCUT2D eigenvalue weighted by Gasteiger charge is 2.37. The van der Waals surface area contributed by atoms with Crippen LogP contribution in [0, 0.1) is 11.3 Å². The van der Waals surface area contributed by atoms with Gasteiger partial charge in [-0.3, -0.25) is 0 Å². The van der Waals surface area contributed by atoms with E-state index in [9.17, 15) is 18.0 Å². The number of aromatic nitrogens is 1. The molecule has 1 aromatic rings. The number of nitrogens with zero attached hydrogens (tertiary/aromatic N) is 2. The molecule has 0 fully saturated rings. The van der Waals surface area contributed by atoms with Crippen molar-refractivity contribution in [2.75, 3.05) is 0 Å². The number of rotatable bonds is 3. The number of nitriles is 1. The van der Waals surface area contributed by atoms with E-state index in [0.29, 0.717) is 12.6 Å². The quantitative estimate of drug-likeness (QED) is 0.891. The van der Waals surface area contributed by atoms with E-state index >= 15 is 0 Å². The van der Waals surface area contributed by atoms with Gasteiger partial charge in [0.15, 0.2) is 0 Å². The average Bonchev–Trinajstić information content (AvgIpc) is 2.64. The molecule has 0 amide bonds. The Morgan fingerprint density at radius 2 is 2.18 bits per heavy atom. The van der Waals surface area contributed by atoms with Crippen LogP contribution in [0.5, 0.6) is 0 Å². The number of carbonyl (C=O) groups is 1. The van der Waals surface area contributed by atoms with Crippen molar-refractivity contribution in [2.45, 2.75) is 25.6 Å². The smallest absolute Gasteiger partial charge is 0.418 e. The van der Waals surface area contributed by atoms with E-state index in [1.54, 1.807) is 13.0 Å². The number of carboxylic acid groups (broad SMARTS) is 1. The first-order chi connectivity index (χ1) is 7.81. The normalized spacial score (nSPS) is 13.1. The van der Waals surface area contributed by atoms with Crippen LogP contribution in [0.2, 0.25) is 0 Å². The molecular formula is C10H9F3N2O2. The van der Waals surface area contributed by atoms with Gasteiger partial charge < -0.3 is 9.67 Å². The fourth-order valence-electron chi connectivity index (χ4n) is 1.42. The lowest BCUT2D eigenvalue weighted by molar-refractivity contribution is -0.138. The lowest BCUT2D eigenvalue weighted by Gasteiger charge is -2.07. The Labute approximate surface area is 94.9 Å². The molecule has 0 aliphatic rings. The number of halogens is 3. The summed E-state index contributed by atoms with van der Waals surface area (Å²) >= 11 is 0. The maximum absolute atomic E-state index is 12.5. The minimum absolute atomic E-state index is 0.293. The summed E-state index contributed by atoms with van der Waals surface area (Å²) in [4.78, 5) is 10.7. The first-order valence-electron chi connectivity index (χ1n) is 4.72. The fraction of sp³-hybridized carbons (Fsp3) is 0.400. The van der Waals surface area contributed by atoms with Gasteiger partial charge in [-0.05, 0) is 6.42 Å². The summed E-state index contributed by atoms with van der Waals surface area (Å²) in [6.07, 6.45) is -2.96. The van der Waals surface area contributed by atoms with Crippen LogP contribution in [0.4, 0.5) is 13.2 Å². The van der Waals surface area contributed by atoms with E-state index in [2.05, 4.69) is 0 Å². The lowest BCUT2D eigenvalue weighted by Crippen LogP contribution is -2.09. The fourth-order valence-corrected chi connectivity index (χ4v) is 1.42. The molecular weight excluding hydrogens is 237 g/mol. The minimum Gasteiger partial charge on any atom is -0.478 e. The van der Waals surface area contributed by atoms with Gasteiger partial charge in [0.25, 0.3) is 0 Å². The van der Waals surface area contributed by atoms with Crippen molar-refractivity contribution in [3.05, 3.63) is 23.5 Å². The first kappa shape index (κ1) is 13.1. The van der Waals surface area contributed by atoms with Gasteiger partial charge in [-0.1, -0.05) is 6.92 Å². The molecule has 1 N–H and O–H groups in total. The van der Waals surface area contributed by atoms with Crippen LogP contribution in [-0.4, -0.2) is 15.6 Å². The van der Waals surface area contributed by atoms with E-state index in [1.165, 1.54) is 0 Å². The Kier molecular flexibility index (Phi) is 3.46. The highest BCUT2D eigenvalue weighted by atomic mass is 19.4. The standard InChI is InChI=1S/C10H9F3N2O2/c1-2-6(3-14)15-4-7(9(16)17)8(5-15)10(11,12)13/h4-6H,2H2,1H3,(H,16,17). The maximum atomic E-state index is 12.5. The molecule has 1 rings (SSSR count). The van der Waals surface area contributed by atoms with Gasteiger partial charge in [0.05, 0.1) is 17.2 Å². The zero-order valence-electron chi connectivity index (χ0n) is 8.82. The van der Waals surface area contributed by atoms with Gasteiger partial charge in [-0.2, -0.15) is 18.4 Å². The van der Waals surface area contributed by atoms with Crippen molar-refractivity contribution in [1.29, 1.82) is 5.26 Å². The van der Waals surface area contributed by atoms with Gasteiger partial charge in [0.1, 0.15) is 6.04 Å². The van der Waals surface area contributed by atoms with Crippen molar-refractivity contribution >= 4 is 5.97 Å². The zero-order valence-corrected chi connectivity index (χ0v) is 8.82. The van der Waals surface area contributed by atoms with Gasteiger partial charge in [0, 0.05) is 12.4 Å². The Morgan fingerprint density at radius 3 is 2.47 bits per heavy atom. The SMILES string of the molecule is CCC(C#N)n1cc(C(=O)O)c(C(F)(F)F)c1. The third kappa shape index (κ3) is 2.58. The third-order valence-corrected chi connectivity index (χ3v) is 2.28.